The molecule has 1 aliphatic rings. The Hall–Kier alpha value is -1.91. The average molecular weight is 331 g/mol. The summed E-state index contributed by atoms with van der Waals surface area (Å²) < 4.78 is 5.79. The summed E-state index contributed by atoms with van der Waals surface area (Å²) in [6, 6.07) is 13.7. The van der Waals surface area contributed by atoms with Crippen molar-refractivity contribution < 1.29 is 9.53 Å². The van der Waals surface area contributed by atoms with Gasteiger partial charge in [-0.3, -0.25) is 9.78 Å². The number of rotatable bonds is 3. The summed E-state index contributed by atoms with van der Waals surface area (Å²) in [6.45, 7) is 3.34. The first-order valence-electron chi connectivity index (χ1n) is 7.69. The molecular formula is C18H19ClN2O2. The molecule has 1 unspecified atom stereocenters. The molecule has 0 saturated carbocycles. The molecular weight excluding hydrogens is 312 g/mol. The lowest BCUT2D eigenvalue weighted by Crippen LogP contribution is -2.41. The van der Waals surface area contributed by atoms with E-state index in [1.807, 2.05) is 42.5 Å². The van der Waals surface area contributed by atoms with Crippen molar-refractivity contribution in [3.63, 3.8) is 0 Å². The number of aromatic nitrogens is 1. The van der Waals surface area contributed by atoms with E-state index in [2.05, 4.69) is 0 Å². The number of carbonyl (C=O) groups is 1. The Morgan fingerprint density at radius 1 is 1.35 bits per heavy atom. The molecule has 2 heterocycles. The SMILES string of the molecule is CC(=O)N1CCOC(c2cccc(Cc3cccc(Cl)c3)n2)C1. The number of hydrogen-bond donors (Lipinski definition) is 0. The van der Waals surface area contributed by atoms with Gasteiger partial charge < -0.3 is 9.64 Å². The van der Waals surface area contributed by atoms with E-state index in [0.29, 0.717) is 19.7 Å². The molecule has 2 aromatic rings. The molecule has 1 saturated heterocycles. The molecule has 1 amide bonds. The maximum absolute atomic E-state index is 11.6. The number of hydrogen-bond acceptors (Lipinski definition) is 3. The summed E-state index contributed by atoms with van der Waals surface area (Å²) in [5, 5.41) is 0.728. The van der Waals surface area contributed by atoms with Gasteiger partial charge in [-0.15, -0.1) is 0 Å². The summed E-state index contributed by atoms with van der Waals surface area (Å²) >= 11 is 6.03. The number of pyridine rings is 1. The third-order valence-corrected chi connectivity index (χ3v) is 4.18. The van der Waals surface area contributed by atoms with E-state index in [1.165, 1.54) is 0 Å². The van der Waals surface area contributed by atoms with Crippen LogP contribution in [0.2, 0.25) is 5.02 Å². The molecule has 0 spiro atoms. The van der Waals surface area contributed by atoms with Crippen LogP contribution >= 0.6 is 11.6 Å². The van der Waals surface area contributed by atoms with Crippen LogP contribution in [-0.2, 0) is 16.0 Å². The first-order valence-corrected chi connectivity index (χ1v) is 8.07. The van der Waals surface area contributed by atoms with Crippen molar-refractivity contribution in [3.05, 3.63) is 64.4 Å². The van der Waals surface area contributed by atoms with Crippen LogP contribution in [0.3, 0.4) is 0 Å². The molecule has 5 heteroatoms. The molecule has 3 rings (SSSR count). The van der Waals surface area contributed by atoms with E-state index in [1.54, 1.807) is 11.8 Å². The quantitative estimate of drug-likeness (QED) is 0.867. The molecule has 0 aliphatic carbocycles. The van der Waals surface area contributed by atoms with E-state index in [0.717, 1.165) is 28.4 Å². The molecule has 0 N–H and O–H groups in total. The van der Waals surface area contributed by atoms with Crippen LogP contribution in [0.4, 0.5) is 0 Å². The van der Waals surface area contributed by atoms with Gasteiger partial charge in [-0.05, 0) is 29.8 Å². The van der Waals surface area contributed by atoms with Gasteiger partial charge in [0.15, 0.2) is 0 Å². The highest BCUT2D eigenvalue weighted by molar-refractivity contribution is 6.30. The monoisotopic (exact) mass is 330 g/mol. The van der Waals surface area contributed by atoms with Crippen molar-refractivity contribution in [1.82, 2.24) is 9.88 Å². The third kappa shape index (κ3) is 4.09. The second-order valence-corrected chi connectivity index (χ2v) is 6.12. The zero-order chi connectivity index (χ0) is 16.2. The maximum atomic E-state index is 11.6. The summed E-state index contributed by atoms with van der Waals surface area (Å²) in [5.74, 6) is 0.0772. The lowest BCUT2D eigenvalue weighted by atomic mass is 10.1. The summed E-state index contributed by atoms with van der Waals surface area (Å²) in [6.07, 6.45) is 0.560. The number of nitrogens with zero attached hydrogens (tertiary/aromatic N) is 2. The van der Waals surface area contributed by atoms with Gasteiger partial charge in [-0.25, -0.2) is 0 Å². The third-order valence-electron chi connectivity index (χ3n) is 3.94. The predicted octanol–water partition coefficient (Wildman–Crippen LogP) is 3.25. The molecule has 23 heavy (non-hydrogen) atoms. The van der Waals surface area contributed by atoms with Crippen molar-refractivity contribution in [3.8, 4) is 0 Å². The van der Waals surface area contributed by atoms with Crippen LogP contribution in [0.25, 0.3) is 0 Å². The highest BCUT2D eigenvalue weighted by Crippen LogP contribution is 2.22. The van der Waals surface area contributed by atoms with E-state index < -0.39 is 0 Å². The molecule has 1 fully saturated rings. The van der Waals surface area contributed by atoms with Gasteiger partial charge in [0.2, 0.25) is 5.91 Å². The van der Waals surface area contributed by atoms with Crippen LogP contribution in [0, 0.1) is 0 Å². The fraction of sp³-hybridized carbons (Fsp3) is 0.333. The second kappa shape index (κ2) is 7.11. The first kappa shape index (κ1) is 16.0. The Morgan fingerprint density at radius 3 is 2.96 bits per heavy atom. The predicted molar refractivity (Wildman–Crippen MR) is 89.4 cm³/mol. The van der Waals surface area contributed by atoms with Crippen LogP contribution in [0.5, 0.6) is 0 Å². The largest absolute Gasteiger partial charge is 0.368 e. The normalized spacial score (nSPS) is 18.0. The fourth-order valence-electron chi connectivity index (χ4n) is 2.75. The van der Waals surface area contributed by atoms with Crippen LogP contribution in [0.1, 0.15) is 30.0 Å². The zero-order valence-corrected chi connectivity index (χ0v) is 13.8. The number of carbonyl (C=O) groups excluding carboxylic acids is 1. The number of amides is 1. The maximum Gasteiger partial charge on any atom is 0.219 e. The van der Waals surface area contributed by atoms with Gasteiger partial charge in [0, 0.05) is 30.6 Å². The highest BCUT2D eigenvalue weighted by atomic mass is 35.5. The first-order chi connectivity index (χ1) is 11.1. The number of morpholine rings is 1. The number of halogens is 1. The fourth-order valence-corrected chi connectivity index (χ4v) is 2.96. The molecule has 0 bridgehead atoms. The van der Waals surface area contributed by atoms with Crippen molar-refractivity contribution in [2.45, 2.75) is 19.4 Å². The van der Waals surface area contributed by atoms with Crippen LogP contribution < -0.4 is 0 Å². The zero-order valence-electron chi connectivity index (χ0n) is 13.0. The highest BCUT2D eigenvalue weighted by Gasteiger charge is 2.24. The van der Waals surface area contributed by atoms with Crippen LogP contribution in [0.15, 0.2) is 42.5 Å². The molecule has 1 atom stereocenters. The molecule has 0 radical (unpaired) electrons. The summed E-state index contributed by atoms with van der Waals surface area (Å²) in [4.78, 5) is 18.1. The molecule has 1 aromatic heterocycles. The standard InChI is InChI=1S/C18H19ClN2O2/c1-13(22)21-8-9-23-18(12-21)17-7-3-6-16(20-17)11-14-4-2-5-15(19)10-14/h2-7,10,18H,8-9,11-12H2,1H3. The molecule has 1 aliphatic heterocycles. The molecule has 1 aromatic carbocycles. The van der Waals surface area contributed by atoms with Crippen molar-refractivity contribution in [1.29, 1.82) is 0 Å². The van der Waals surface area contributed by atoms with Gasteiger partial charge in [0.25, 0.3) is 0 Å². The summed E-state index contributed by atoms with van der Waals surface area (Å²) in [5.41, 5.74) is 2.96. The lowest BCUT2D eigenvalue weighted by Gasteiger charge is -2.32. The van der Waals surface area contributed by atoms with E-state index >= 15 is 0 Å². The van der Waals surface area contributed by atoms with Gasteiger partial charge in [0.1, 0.15) is 6.10 Å². The molecule has 120 valence electrons. The van der Waals surface area contributed by atoms with Gasteiger partial charge >= 0.3 is 0 Å². The van der Waals surface area contributed by atoms with Gasteiger partial charge in [-0.2, -0.15) is 0 Å². The Kier molecular flexibility index (Phi) is 4.94. The topological polar surface area (TPSA) is 42.4 Å². The average Bonchev–Trinajstić information content (AvgIpc) is 2.55. The minimum absolute atomic E-state index is 0.0772. The smallest absolute Gasteiger partial charge is 0.219 e. The Labute approximate surface area is 141 Å². The number of ether oxygens (including phenoxy) is 1. The summed E-state index contributed by atoms with van der Waals surface area (Å²) in [7, 11) is 0. The van der Waals surface area contributed by atoms with E-state index in [4.69, 9.17) is 21.3 Å². The van der Waals surface area contributed by atoms with Crippen molar-refractivity contribution in [2.75, 3.05) is 19.7 Å². The van der Waals surface area contributed by atoms with Gasteiger partial charge in [-0.1, -0.05) is 29.8 Å². The van der Waals surface area contributed by atoms with E-state index in [-0.39, 0.29) is 12.0 Å². The van der Waals surface area contributed by atoms with Crippen molar-refractivity contribution >= 4 is 17.5 Å². The van der Waals surface area contributed by atoms with Crippen LogP contribution in [-0.4, -0.2) is 35.5 Å². The Morgan fingerprint density at radius 2 is 2.17 bits per heavy atom. The number of benzene rings is 1. The second-order valence-electron chi connectivity index (χ2n) is 5.68. The Balaban J connectivity index is 1.75. The van der Waals surface area contributed by atoms with E-state index in [9.17, 15) is 4.79 Å². The van der Waals surface area contributed by atoms with Crippen molar-refractivity contribution in [2.24, 2.45) is 0 Å². The Bertz CT molecular complexity index is 705. The lowest BCUT2D eigenvalue weighted by molar-refractivity contribution is -0.136. The molecule has 4 nitrogen and oxygen atoms in total. The van der Waals surface area contributed by atoms with Gasteiger partial charge in [0.05, 0.1) is 18.8 Å². The minimum Gasteiger partial charge on any atom is -0.368 e. The minimum atomic E-state index is -0.160.